The molecule has 4 aromatic rings. The van der Waals surface area contributed by atoms with Crippen LogP contribution >= 0.6 is 0 Å². The topological polar surface area (TPSA) is 99.6 Å². The summed E-state index contributed by atoms with van der Waals surface area (Å²) in [6, 6.07) is 14.6. The Bertz CT molecular complexity index is 1260. The number of esters is 1. The lowest BCUT2D eigenvalue weighted by Crippen LogP contribution is -2.11. The lowest BCUT2D eigenvalue weighted by atomic mass is 10.1. The highest BCUT2D eigenvalue weighted by Crippen LogP contribution is 2.23. The number of hydrogen-bond acceptors (Lipinski definition) is 5. The number of hydrogen-bond donors (Lipinski definition) is 1. The van der Waals surface area contributed by atoms with Crippen molar-refractivity contribution in [3.63, 3.8) is 0 Å². The lowest BCUT2D eigenvalue weighted by Gasteiger charge is -2.11. The number of rotatable bonds is 6. The van der Waals surface area contributed by atoms with Gasteiger partial charge in [0.05, 0.1) is 5.52 Å². The second-order valence-corrected chi connectivity index (χ2v) is 7.24. The van der Waals surface area contributed by atoms with Crippen LogP contribution in [0.5, 0.6) is 0 Å². The van der Waals surface area contributed by atoms with E-state index in [9.17, 15) is 9.59 Å². The molecule has 0 bridgehead atoms. The van der Waals surface area contributed by atoms with Gasteiger partial charge in [-0.05, 0) is 55.7 Å². The average Bonchev–Trinajstić information content (AvgIpc) is 3.11. The second kappa shape index (κ2) is 7.94. The molecule has 0 aliphatic carbocycles. The summed E-state index contributed by atoms with van der Waals surface area (Å²) < 4.78 is 7.21. The van der Waals surface area contributed by atoms with Crippen LogP contribution in [0.1, 0.15) is 39.3 Å². The predicted molar refractivity (Wildman–Crippen MR) is 113 cm³/mol. The van der Waals surface area contributed by atoms with Crippen molar-refractivity contribution in [1.82, 2.24) is 14.6 Å². The Morgan fingerprint density at radius 1 is 1.07 bits per heavy atom. The van der Waals surface area contributed by atoms with Gasteiger partial charge in [-0.3, -0.25) is 9.59 Å². The highest BCUT2D eigenvalue weighted by atomic mass is 16.5. The fourth-order valence-corrected chi connectivity index (χ4v) is 3.57. The van der Waals surface area contributed by atoms with Crippen LogP contribution in [0.25, 0.3) is 16.6 Å². The van der Waals surface area contributed by atoms with Crippen molar-refractivity contribution >= 4 is 28.4 Å². The summed E-state index contributed by atoms with van der Waals surface area (Å²) >= 11 is 0. The molecule has 0 spiro atoms. The summed E-state index contributed by atoms with van der Waals surface area (Å²) in [5.41, 5.74) is 11.0. The number of primary amides is 1. The van der Waals surface area contributed by atoms with Crippen LogP contribution in [0.2, 0.25) is 0 Å². The minimum absolute atomic E-state index is 0.150. The van der Waals surface area contributed by atoms with Crippen LogP contribution in [-0.2, 0) is 22.6 Å². The monoisotopic (exact) mass is 402 g/mol. The lowest BCUT2D eigenvalue weighted by molar-refractivity contribution is -0.144. The number of carbonyl (C=O) groups excluding carboxylic acids is 2. The van der Waals surface area contributed by atoms with E-state index in [-0.39, 0.29) is 19.0 Å². The van der Waals surface area contributed by atoms with Gasteiger partial charge in [0, 0.05) is 28.8 Å². The van der Waals surface area contributed by atoms with Crippen molar-refractivity contribution in [2.45, 2.75) is 33.3 Å². The molecule has 0 unspecified atom stereocenters. The third-order valence-corrected chi connectivity index (χ3v) is 5.24. The van der Waals surface area contributed by atoms with Gasteiger partial charge in [-0.15, -0.1) is 0 Å². The molecule has 0 atom stereocenters. The van der Waals surface area contributed by atoms with Gasteiger partial charge in [0.2, 0.25) is 5.91 Å². The third kappa shape index (κ3) is 3.74. The van der Waals surface area contributed by atoms with E-state index in [0.29, 0.717) is 12.0 Å². The summed E-state index contributed by atoms with van der Waals surface area (Å²) in [4.78, 5) is 28.1. The fraction of sp³-hybridized carbons (Fsp3) is 0.217. The van der Waals surface area contributed by atoms with Crippen molar-refractivity contribution in [3.05, 3.63) is 76.6 Å². The summed E-state index contributed by atoms with van der Waals surface area (Å²) in [7, 11) is 0. The van der Waals surface area contributed by atoms with Gasteiger partial charge < -0.3 is 10.5 Å². The maximum atomic E-state index is 12.3. The molecular weight excluding hydrogens is 380 g/mol. The Balaban J connectivity index is 1.44. The predicted octanol–water partition coefficient (Wildman–Crippen LogP) is 3.27. The second-order valence-electron chi connectivity index (χ2n) is 7.24. The molecule has 7 heteroatoms. The first-order valence-electron chi connectivity index (χ1n) is 9.72. The number of ether oxygens (including phenoxy) is 1. The van der Waals surface area contributed by atoms with E-state index in [4.69, 9.17) is 15.5 Å². The Hall–Kier alpha value is -3.74. The molecule has 152 valence electrons. The van der Waals surface area contributed by atoms with Gasteiger partial charge >= 0.3 is 5.97 Å². The Morgan fingerprint density at radius 2 is 1.80 bits per heavy atom. The number of aryl methyl sites for hydroxylation is 2. The number of nitrogens with two attached hydrogens (primary N) is 1. The molecule has 2 heterocycles. The van der Waals surface area contributed by atoms with Crippen molar-refractivity contribution in [3.8, 4) is 0 Å². The summed E-state index contributed by atoms with van der Waals surface area (Å²) in [5, 5.41) is 5.66. The number of fused-ring (bicyclic) bond motifs is 3. The van der Waals surface area contributed by atoms with Crippen LogP contribution < -0.4 is 5.73 Å². The van der Waals surface area contributed by atoms with E-state index in [1.54, 1.807) is 24.3 Å². The smallest absolute Gasteiger partial charge is 0.306 e. The van der Waals surface area contributed by atoms with Crippen molar-refractivity contribution in [2.75, 3.05) is 0 Å². The van der Waals surface area contributed by atoms with Crippen LogP contribution in [0.15, 0.2) is 48.5 Å². The highest BCUT2D eigenvalue weighted by molar-refractivity contribution is 5.93. The molecule has 0 aliphatic heterocycles. The highest BCUT2D eigenvalue weighted by Gasteiger charge is 2.15. The Kier molecular flexibility index (Phi) is 5.18. The molecule has 0 radical (unpaired) electrons. The van der Waals surface area contributed by atoms with Gasteiger partial charge in [0.25, 0.3) is 0 Å². The Labute approximate surface area is 173 Å². The van der Waals surface area contributed by atoms with E-state index in [1.165, 1.54) is 0 Å². The molecule has 0 saturated heterocycles. The first kappa shape index (κ1) is 19.6. The largest absolute Gasteiger partial charge is 0.461 e. The third-order valence-electron chi connectivity index (χ3n) is 5.24. The maximum Gasteiger partial charge on any atom is 0.306 e. The van der Waals surface area contributed by atoms with E-state index in [0.717, 1.165) is 39.1 Å². The molecular formula is C23H22N4O3. The van der Waals surface area contributed by atoms with Gasteiger partial charge in [-0.1, -0.05) is 24.3 Å². The molecule has 0 saturated carbocycles. The molecule has 2 aromatic heterocycles. The van der Waals surface area contributed by atoms with E-state index in [1.807, 2.05) is 42.6 Å². The van der Waals surface area contributed by atoms with Crippen molar-refractivity contribution in [2.24, 2.45) is 5.73 Å². The number of carbonyl (C=O) groups is 2. The first-order chi connectivity index (χ1) is 14.4. The van der Waals surface area contributed by atoms with Gasteiger partial charge in [0.15, 0.2) is 5.65 Å². The van der Waals surface area contributed by atoms with Gasteiger partial charge in [-0.2, -0.15) is 5.10 Å². The van der Waals surface area contributed by atoms with Crippen LogP contribution in [0.4, 0.5) is 0 Å². The summed E-state index contributed by atoms with van der Waals surface area (Å²) in [6.45, 7) is 4.10. The number of amides is 1. The molecule has 4 rings (SSSR count). The molecule has 2 N–H and O–H groups in total. The fourth-order valence-electron chi connectivity index (χ4n) is 3.57. The van der Waals surface area contributed by atoms with Crippen LogP contribution in [0.3, 0.4) is 0 Å². The van der Waals surface area contributed by atoms with Crippen LogP contribution in [-0.4, -0.2) is 26.5 Å². The Morgan fingerprint density at radius 3 is 2.53 bits per heavy atom. The quantitative estimate of drug-likeness (QED) is 0.499. The summed E-state index contributed by atoms with van der Waals surface area (Å²) in [6.07, 6.45) is 0.769. The molecule has 0 fully saturated rings. The number of aromatic nitrogens is 3. The zero-order valence-electron chi connectivity index (χ0n) is 16.9. The zero-order chi connectivity index (χ0) is 21.3. The number of nitrogens with zero attached hydrogens (tertiary/aromatic N) is 3. The van der Waals surface area contributed by atoms with Crippen molar-refractivity contribution < 1.29 is 14.3 Å². The van der Waals surface area contributed by atoms with E-state index >= 15 is 0 Å². The molecule has 2 aromatic carbocycles. The van der Waals surface area contributed by atoms with Gasteiger partial charge in [-0.25, -0.2) is 9.50 Å². The normalized spacial score (nSPS) is 11.1. The minimum Gasteiger partial charge on any atom is -0.461 e. The van der Waals surface area contributed by atoms with E-state index < -0.39 is 5.91 Å². The minimum atomic E-state index is -0.486. The SMILES string of the molecule is Cc1nc2c3ccccc3nn2c(C)c1CCC(=O)OCc1ccc(C(N)=O)cc1. The van der Waals surface area contributed by atoms with Crippen molar-refractivity contribution in [1.29, 1.82) is 0 Å². The molecule has 0 aliphatic rings. The molecule has 7 nitrogen and oxygen atoms in total. The maximum absolute atomic E-state index is 12.3. The van der Waals surface area contributed by atoms with E-state index in [2.05, 4.69) is 5.10 Å². The average molecular weight is 402 g/mol. The summed E-state index contributed by atoms with van der Waals surface area (Å²) in [5.74, 6) is -0.779. The number of benzene rings is 2. The first-order valence-corrected chi connectivity index (χ1v) is 9.72. The molecule has 30 heavy (non-hydrogen) atoms. The zero-order valence-corrected chi connectivity index (χ0v) is 16.9. The molecule has 1 amide bonds. The van der Waals surface area contributed by atoms with Crippen LogP contribution in [0, 0.1) is 13.8 Å². The van der Waals surface area contributed by atoms with Gasteiger partial charge in [0.1, 0.15) is 6.61 Å². The standard InChI is InChI=1S/C23H22N4O3/c1-14-18(15(2)27-23(25-14)19-5-3-4-6-20(19)26-27)11-12-21(28)30-13-16-7-9-17(10-8-16)22(24)29/h3-10H,11-13H2,1-2H3,(H2,24,29).